The molecule has 134 valence electrons. The van der Waals surface area contributed by atoms with Gasteiger partial charge in [-0.15, -0.1) is 10.2 Å². The standard InChI is InChI=1S/C19H26N4OS/c1-4-16-8-10-17(11-9-16)23-15(3)20-21-19(23)25-13-18(24)22-12-6-5-7-14(22)2/h8-11,14H,4-7,12-13H2,1-3H3/t14-/m1/s1. The van der Waals surface area contributed by atoms with E-state index in [4.69, 9.17) is 0 Å². The zero-order chi connectivity index (χ0) is 17.8. The number of hydrogen-bond acceptors (Lipinski definition) is 4. The summed E-state index contributed by atoms with van der Waals surface area (Å²) in [6.07, 6.45) is 4.46. The predicted molar refractivity (Wildman–Crippen MR) is 101 cm³/mol. The van der Waals surface area contributed by atoms with E-state index < -0.39 is 0 Å². The van der Waals surface area contributed by atoms with Crippen molar-refractivity contribution < 1.29 is 4.79 Å². The van der Waals surface area contributed by atoms with E-state index in [0.29, 0.717) is 11.8 Å². The van der Waals surface area contributed by atoms with E-state index in [1.54, 1.807) is 0 Å². The Kier molecular flexibility index (Phi) is 5.78. The fourth-order valence-corrected chi connectivity index (χ4v) is 4.18. The van der Waals surface area contributed by atoms with Crippen LogP contribution in [0.4, 0.5) is 0 Å². The molecule has 1 aliphatic rings. The van der Waals surface area contributed by atoms with Gasteiger partial charge in [0.25, 0.3) is 0 Å². The Morgan fingerprint density at radius 2 is 2.00 bits per heavy atom. The number of hydrogen-bond donors (Lipinski definition) is 0. The van der Waals surface area contributed by atoms with Crippen molar-refractivity contribution in [1.29, 1.82) is 0 Å². The topological polar surface area (TPSA) is 51.0 Å². The van der Waals surface area contributed by atoms with Crippen LogP contribution in [-0.4, -0.2) is 43.9 Å². The van der Waals surface area contributed by atoms with Gasteiger partial charge in [0, 0.05) is 18.3 Å². The highest BCUT2D eigenvalue weighted by Crippen LogP contribution is 2.24. The lowest BCUT2D eigenvalue weighted by molar-refractivity contribution is -0.131. The van der Waals surface area contributed by atoms with Gasteiger partial charge in [-0.05, 0) is 57.2 Å². The van der Waals surface area contributed by atoms with Gasteiger partial charge in [-0.3, -0.25) is 9.36 Å². The molecule has 1 fully saturated rings. The molecule has 5 nitrogen and oxygen atoms in total. The average Bonchev–Trinajstić information content (AvgIpc) is 3.00. The molecule has 1 aromatic heterocycles. The van der Waals surface area contributed by atoms with E-state index in [1.807, 2.05) is 16.4 Å². The van der Waals surface area contributed by atoms with E-state index in [-0.39, 0.29) is 5.91 Å². The Labute approximate surface area is 153 Å². The Morgan fingerprint density at radius 3 is 2.68 bits per heavy atom. The predicted octanol–water partition coefficient (Wildman–Crippen LogP) is 3.63. The Balaban J connectivity index is 1.72. The van der Waals surface area contributed by atoms with Gasteiger partial charge in [-0.2, -0.15) is 0 Å². The zero-order valence-electron chi connectivity index (χ0n) is 15.2. The van der Waals surface area contributed by atoms with Crippen molar-refractivity contribution in [2.75, 3.05) is 12.3 Å². The van der Waals surface area contributed by atoms with Crippen LogP contribution in [0.5, 0.6) is 0 Å². The van der Waals surface area contributed by atoms with Crippen LogP contribution in [0.15, 0.2) is 29.4 Å². The summed E-state index contributed by atoms with van der Waals surface area (Å²) in [6, 6.07) is 8.79. The molecule has 0 bridgehead atoms. The summed E-state index contributed by atoms with van der Waals surface area (Å²) >= 11 is 1.47. The number of benzene rings is 1. The molecule has 1 amide bonds. The molecule has 2 heterocycles. The maximum absolute atomic E-state index is 12.6. The maximum atomic E-state index is 12.6. The van der Waals surface area contributed by atoms with Crippen molar-refractivity contribution in [3.63, 3.8) is 0 Å². The minimum atomic E-state index is 0.200. The number of aromatic nitrogens is 3. The molecule has 0 spiro atoms. The summed E-state index contributed by atoms with van der Waals surface area (Å²) in [5, 5.41) is 9.26. The number of carbonyl (C=O) groups excluding carboxylic acids is 1. The second kappa shape index (κ2) is 8.04. The number of likely N-dealkylation sites (tertiary alicyclic amines) is 1. The lowest BCUT2D eigenvalue weighted by Gasteiger charge is -2.33. The number of rotatable bonds is 5. The molecule has 1 atom stereocenters. The highest BCUT2D eigenvalue weighted by molar-refractivity contribution is 7.99. The molecule has 0 aliphatic carbocycles. The Hall–Kier alpha value is -1.82. The summed E-state index contributed by atoms with van der Waals surface area (Å²) in [7, 11) is 0. The van der Waals surface area contributed by atoms with Crippen molar-refractivity contribution in [1.82, 2.24) is 19.7 Å². The van der Waals surface area contributed by atoms with Crippen LogP contribution in [0.25, 0.3) is 5.69 Å². The van der Waals surface area contributed by atoms with Crippen LogP contribution >= 0.6 is 11.8 Å². The molecule has 6 heteroatoms. The van der Waals surface area contributed by atoms with Crippen LogP contribution in [0.3, 0.4) is 0 Å². The lowest BCUT2D eigenvalue weighted by atomic mass is 10.0. The molecule has 0 saturated carbocycles. The third-order valence-corrected chi connectivity index (χ3v) is 5.76. The fraction of sp³-hybridized carbons (Fsp3) is 0.526. The zero-order valence-corrected chi connectivity index (χ0v) is 16.1. The average molecular weight is 359 g/mol. The molecule has 0 radical (unpaired) electrons. The summed E-state index contributed by atoms with van der Waals surface area (Å²) in [5.74, 6) is 1.45. The van der Waals surface area contributed by atoms with Crippen LogP contribution in [0.1, 0.15) is 44.5 Å². The first-order valence-electron chi connectivity index (χ1n) is 9.03. The molecule has 0 N–H and O–H groups in total. The SMILES string of the molecule is CCc1ccc(-n2c(C)nnc2SCC(=O)N2CCCC[C@H]2C)cc1. The molecule has 3 rings (SSSR count). The third kappa shape index (κ3) is 4.06. The summed E-state index contributed by atoms with van der Waals surface area (Å²) < 4.78 is 2.02. The summed E-state index contributed by atoms with van der Waals surface area (Å²) in [6.45, 7) is 7.11. The summed E-state index contributed by atoms with van der Waals surface area (Å²) in [5.41, 5.74) is 2.35. The van der Waals surface area contributed by atoms with Crippen LogP contribution in [-0.2, 0) is 11.2 Å². The first kappa shape index (κ1) is 18.0. The van der Waals surface area contributed by atoms with E-state index in [9.17, 15) is 4.79 Å². The molecule has 0 unspecified atom stereocenters. The molecule has 2 aromatic rings. The first-order valence-corrected chi connectivity index (χ1v) is 10.0. The van der Waals surface area contributed by atoms with E-state index in [1.165, 1.54) is 23.7 Å². The van der Waals surface area contributed by atoms with Gasteiger partial charge in [-0.25, -0.2) is 0 Å². The highest BCUT2D eigenvalue weighted by Gasteiger charge is 2.24. The second-order valence-corrected chi connectivity index (χ2v) is 7.55. The van der Waals surface area contributed by atoms with Crippen LogP contribution in [0.2, 0.25) is 0 Å². The molecular weight excluding hydrogens is 332 g/mol. The number of thioether (sulfide) groups is 1. The van der Waals surface area contributed by atoms with Crippen molar-refractivity contribution in [2.24, 2.45) is 0 Å². The molecule has 25 heavy (non-hydrogen) atoms. The molecular formula is C19H26N4OS. The van der Waals surface area contributed by atoms with E-state index in [0.717, 1.165) is 42.5 Å². The van der Waals surface area contributed by atoms with Gasteiger partial charge < -0.3 is 4.90 Å². The van der Waals surface area contributed by atoms with Gasteiger partial charge >= 0.3 is 0 Å². The normalized spacial score (nSPS) is 17.7. The summed E-state index contributed by atoms with van der Waals surface area (Å²) in [4.78, 5) is 14.6. The third-order valence-electron chi connectivity index (χ3n) is 4.85. The maximum Gasteiger partial charge on any atom is 0.233 e. The van der Waals surface area contributed by atoms with Crippen molar-refractivity contribution in [3.05, 3.63) is 35.7 Å². The number of piperidine rings is 1. The second-order valence-electron chi connectivity index (χ2n) is 6.61. The largest absolute Gasteiger partial charge is 0.339 e. The lowest BCUT2D eigenvalue weighted by Crippen LogP contribution is -2.42. The Morgan fingerprint density at radius 1 is 1.24 bits per heavy atom. The van der Waals surface area contributed by atoms with Crippen molar-refractivity contribution >= 4 is 17.7 Å². The minimum absolute atomic E-state index is 0.200. The molecule has 1 aliphatic heterocycles. The van der Waals surface area contributed by atoms with Gasteiger partial charge in [0.2, 0.25) is 5.91 Å². The van der Waals surface area contributed by atoms with Gasteiger partial charge in [0.1, 0.15) is 5.82 Å². The van der Waals surface area contributed by atoms with Crippen molar-refractivity contribution in [3.8, 4) is 5.69 Å². The smallest absolute Gasteiger partial charge is 0.233 e. The quantitative estimate of drug-likeness (QED) is 0.766. The van der Waals surface area contributed by atoms with E-state index in [2.05, 4.69) is 48.3 Å². The Bertz CT molecular complexity index is 726. The minimum Gasteiger partial charge on any atom is -0.339 e. The number of nitrogens with zero attached hydrogens (tertiary/aromatic N) is 4. The number of amides is 1. The van der Waals surface area contributed by atoms with Gasteiger partial charge in [-0.1, -0.05) is 30.8 Å². The molecule has 1 aromatic carbocycles. The number of aryl methyl sites for hydroxylation is 2. The number of carbonyl (C=O) groups is 1. The van der Waals surface area contributed by atoms with Crippen molar-refractivity contribution in [2.45, 2.75) is 57.7 Å². The van der Waals surface area contributed by atoms with Crippen LogP contribution < -0.4 is 0 Å². The molecule has 1 saturated heterocycles. The van der Waals surface area contributed by atoms with Gasteiger partial charge in [0.15, 0.2) is 5.16 Å². The fourth-order valence-electron chi connectivity index (χ4n) is 3.29. The first-order chi connectivity index (χ1) is 12.1. The van der Waals surface area contributed by atoms with Crippen LogP contribution in [0, 0.1) is 6.92 Å². The monoisotopic (exact) mass is 358 g/mol. The highest BCUT2D eigenvalue weighted by atomic mass is 32.2. The van der Waals surface area contributed by atoms with Gasteiger partial charge in [0.05, 0.1) is 5.75 Å². The van der Waals surface area contributed by atoms with E-state index >= 15 is 0 Å².